The van der Waals surface area contributed by atoms with Crippen molar-refractivity contribution in [2.45, 2.75) is 95.3 Å². The number of anilines is 1. The monoisotopic (exact) mass is 1630 g/mol. The maximum Gasteiger partial charge on any atom is 0.248 e. The number of hydrogen-bond donors (Lipinski definition) is 6. The van der Waals surface area contributed by atoms with Crippen molar-refractivity contribution in [3.05, 3.63) is 409 Å². The largest absolute Gasteiger partial charge is 0.389 e. The maximum atomic E-state index is 13.0. The van der Waals surface area contributed by atoms with Crippen LogP contribution in [0, 0.1) is 91.8 Å². The van der Waals surface area contributed by atoms with Gasteiger partial charge in [0.1, 0.15) is 30.7 Å². The predicted molar refractivity (Wildman–Crippen MR) is 503 cm³/mol. The molecule has 20 rings (SSSR count). The Morgan fingerprint density at radius 2 is 0.852 bits per heavy atom. The summed E-state index contributed by atoms with van der Waals surface area (Å²) in [4.78, 5) is 37.9. The quantitative estimate of drug-likeness (QED) is 0.0696. The van der Waals surface area contributed by atoms with Crippen molar-refractivity contribution >= 4 is 117 Å². The highest BCUT2D eigenvalue weighted by molar-refractivity contribution is 6.31. The molecule has 10 N–H and O–H groups in total. The van der Waals surface area contributed by atoms with Crippen molar-refractivity contribution in [1.29, 1.82) is 10.7 Å². The molecule has 4 aromatic heterocycles. The third-order valence-electron chi connectivity index (χ3n) is 20.2. The Balaban J connectivity index is 0.000000132. The van der Waals surface area contributed by atoms with Gasteiger partial charge in [0, 0.05) is 79.5 Å². The van der Waals surface area contributed by atoms with E-state index in [0.29, 0.717) is 36.0 Å². The van der Waals surface area contributed by atoms with E-state index in [1.165, 1.54) is 67.6 Å². The number of carbonyl (C=O) groups is 1. The number of pyridine rings is 4. The van der Waals surface area contributed by atoms with Crippen molar-refractivity contribution in [3.8, 4) is 6.07 Å². The molecule has 0 saturated carbocycles. The van der Waals surface area contributed by atoms with Gasteiger partial charge in [-0.25, -0.2) is 19.3 Å². The zero-order valence-corrected chi connectivity index (χ0v) is 71.0. The normalized spacial score (nSPS) is 11.6. The Hall–Kier alpha value is -14.7. The Morgan fingerprint density at radius 3 is 1.42 bits per heavy atom. The lowest BCUT2D eigenvalue weighted by Crippen LogP contribution is -2.20. The number of hydrogen-bond acceptors (Lipinski definition) is 14. The second-order valence-electron chi connectivity index (χ2n) is 29.9. The zero-order chi connectivity index (χ0) is 86.8. The van der Waals surface area contributed by atoms with Gasteiger partial charge in [0.25, 0.3) is 0 Å². The predicted octanol–water partition coefficient (Wildman–Crippen LogP) is 23.3. The van der Waals surface area contributed by atoms with E-state index in [4.69, 9.17) is 54.9 Å². The smallest absolute Gasteiger partial charge is 0.248 e. The first-order valence-corrected chi connectivity index (χ1v) is 40.4. The first kappa shape index (κ1) is 88.1. The molecule has 0 spiro atoms. The number of amides is 1. The molecule has 17 aromatic rings. The number of rotatable bonds is 2. The molecule has 612 valence electrons. The molecule has 0 aliphatic carbocycles. The molecule has 0 radical (unpaired) electrons. The number of fused-ring (bicyclic) bond motifs is 10. The summed E-state index contributed by atoms with van der Waals surface area (Å²) in [6.45, 7) is 22.0. The molecule has 16 nitrogen and oxygen atoms in total. The molecule has 122 heavy (non-hydrogen) atoms. The average molecular weight is 1630 g/mol. The number of nitrogen functional groups attached to an aromatic ring is 1. The van der Waals surface area contributed by atoms with Crippen LogP contribution in [-0.4, -0.2) is 49.9 Å². The lowest BCUT2D eigenvalue weighted by atomic mass is 10.0. The van der Waals surface area contributed by atoms with Crippen LogP contribution in [0.25, 0.3) is 75.8 Å². The summed E-state index contributed by atoms with van der Waals surface area (Å²) >= 11 is 5.86. The van der Waals surface area contributed by atoms with E-state index >= 15 is 0 Å². The van der Waals surface area contributed by atoms with Crippen LogP contribution >= 0.6 is 11.6 Å². The number of amidine groups is 3. The lowest BCUT2D eigenvalue weighted by molar-refractivity contribution is 0.0999. The van der Waals surface area contributed by atoms with Gasteiger partial charge in [-0.15, -0.1) is 0 Å². The Labute approximate surface area is 716 Å². The van der Waals surface area contributed by atoms with Gasteiger partial charge in [0.15, 0.2) is 17.3 Å². The van der Waals surface area contributed by atoms with Crippen LogP contribution in [0.4, 0.5) is 10.2 Å². The van der Waals surface area contributed by atoms with E-state index in [1.807, 2.05) is 261 Å². The Bertz CT molecular complexity index is 6400. The molecule has 3 aliphatic rings. The standard InChI is InChI=1S/C12H12N2.C12H11NO.C12H9N.C11H9Cl.C11H9F.C10H9N.2C9H10N2O.C9H12N2.C9H8N2/c2*1-8-6-9-4-2-3-5-10(9)7-11(8)12(13)14;1-9-6-10-4-2-3-5-11(10)7-12(9)8-13;1-8-2-3-10-7-11(12)5-4-9(10)6-8;1-8-6-9-4-2-3-5-10(9)7-11(8)12;1-8-4-5-9-3-2-6-11-10(9)7-8;2*1-6-2-3-7-5-12-11-9(10)8(7)4-6;2*1-7-4-5-8-3-2-6-10-9(8)11-7/h2-7H,1H3,(H3,13,14);2-7H,1H3,(H2,13,14);2-7H,1H3;2*2-7H,1H3;2-7H,1H3;2*2-4H,5H2,1H3,(H2,10,11);4-5H,2-3,6H2,1H3,(H,10,11);2-6H,1H3. The molecule has 0 unspecified atom stereocenters. The van der Waals surface area contributed by atoms with Crippen LogP contribution in [0.2, 0.25) is 5.02 Å². The highest BCUT2D eigenvalue weighted by Crippen LogP contribution is 2.27. The van der Waals surface area contributed by atoms with Crippen LogP contribution in [0.15, 0.2) is 308 Å². The fourth-order valence-corrected chi connectivity index (χ4v) is 13.8. The molecule has 13 aromatic carbocycles. The molecule has 18 heteroatoms. The number of nitriles is 1. The van der Waals surface area contributed by atoms with Crippen molar-refractivity contribution in [1.82, 2.24) is 19.9 Å². The van der Waals surface area contributed by atoms with E-state index in [-0.39, 0.29) is 17.6 Å². The minimum Gasteiger partial charge on any atom is -0.389 e. The van der Waals surface area contributed by atoms with Gasteiger partial charge in [-0.3, -0.25) is 15.2 Å². The van der Waals surface area contributed by atoms with E-state index in [9.17, 15) is 9.18 Å². The molecule has 1 amide bonds. The van der Waals surface area contributed by atoms with Crippen LogP contribution < -0.4 is 28.3 Å². The van der Waals surface area contributed by atoms with Gasteiger partial charge in [0.2, 0.25) is 5.91 Å². The molecular weight excluding hydrogens is 1530 g/mol. The van der Waals surface area contributed by atoms with Crippen molar-refractivity contribution < 1.29 is 18.9 Å². The van der Waals surface area contributed by atoms with E-state index in [1.54, 1.807) is 19.2 Å². The SMILES string of the molecule is Cc1cc2ccccc2cc1C#N.Cc1cc2ccccc2cc1C(=N)N.Cc1cc2ccccc2cc1C(N)=O.Cc1cc2ccccc2cc1F.Cc1ccc2c(c1)C(N)=NOC2.Cc1ccc2c(c1)C(N)=NOC2.Cc1ccc2c(n1)NCCC2.Cc1ccc2cc(Cl)ccc2c1.Cc1ccc2cccnc2c1.Cc1ccc2cccnc2n1. The van der Waals surface area contributed by atoms with Gasteiger partial charge in [-0.05, 0) is 266 Å². The van der Waals surface area contributed by atoms with Crippen LogP contribution in [0.3, 0.4) is 0 Å². The van der Waals surface area contributed by atoms with Gasteiger partial charge in [-0.2, -0.15) is 5.26 Å². The van der Waals surface area contributed by atoms with Gasteiger partial charge < -0.3 is 37.9 Å². The number of nitrogens with zero attached hydrogens (tertiary/aromatic N) is 7. The van der Waals surface area contributed by atoms with E-state index in [0.717, 1.165) is 128 Å². The third-order valence-corrected chi connectivity index (χ3v) is 20.4. The van der Waals surface area contributed by atoms with Crippen molar-refractivity contribution in [3.63, 3.8) is 0 Å². The third kappa shape index (κ3) is 24.7. The number of oxime groups is 2. The number of nitrogens with one attached hydrogen (secondary N) is 2. The lowest BCUT2D eigenvalue weighted by Gasteiger charge is -2.16. The second-order valence-corrected chi connectivity index (χ2v) is 30.3. The fourth-order valence-electron chi connectivity index (χ4n) is 13.6. The van der Waals surface area contributed by atoms with E-state index in [2.05, 4.69) is 128 Å². The van der Waals surface area contributed by atoms with Gasteiger partial charge >= 0.3 is 0 Å². The number of aryl methyl sites for hydroxylation is 11. The van der Waals surface area contributed by atoms with Crippen LogP contribution in [-0.2, 0) is 29.3 Å². The summed E-state index contributed by atoms with van der Waals surface area (Å²) in [7, 11) is 0. The van der Waals surface area contributed by atoms with Crippen molar-refractivity contribution in [2.24, 2.45) is 33.2 Å². The van der Waals surface area contributed by atoms with Gasteiger partial charge in [0.05, 0.1) is 17.1 Å². The summed E-state index contributed by atoms with van der Waals surface area (Å²) in [5.41, 5.74) is 42.4. The number of nitrogens with two attached hydrogens (primary N) is 4. The Morgan fingerprint density at radius 1 is 0.434 bits per heavy atom. The molecule has 3 aliphatic heterocycles. The summed E-state index contributed by atoms with van der Waals surface area (Å²) in [5, 5.41) is 41.4. The first-order valence-electron chi connectivity index (χ1n) is 40.0. The minimum absolute atomic E-state index is 0.131. The van der Waals surface area contributed by atoms with Crippen LogP contribution in [0.5, 0.6) is 0 Å². The minimum atomic E-state index is -0.367. The highest BCUT2D eigenvalue weighted by Gasteiger charge is 2.15. The number of carbonyl (C=O) groups excluding carboxylic acids is 1. The number of aromatic nitrogens is 4. The fraction of sp³-hybridized carbons (Fsp3) is 0.144. The summed E-state index contributed by atoms with van der Waals surface area (Å²) in [6, 6.07) is 96.3. The van der Waals surface area contributed by atoms with E-state index < -0.39 is 0 Å². The Kier molecular flexibility index (Phi) is 30.8. The summed E-state index contributed by atoms with van der Waals surface area (Å²) < 4.78 is 13.0. The topological polar surface area (TPSA) is 276 Å². The molecule has 7 heterocycles. The van der Waals surface area contributed by atoms with Crippen LogP contribution in [0.1, 0.15) is 112 Å². The molecule has 0 fully saturated rings. The van der Waals surface area contributed by atoms with Gasteiger partial charge in [-0.1, -0.05) is 227 Å². The highest BCUT2D eigenvalue weighted by atomic mass is 35.5. The average Bonchev–Trinajstić information content (AvgIpc) is 0.814. The number of benzene rings is 13. The summed E-state index contributed by atoms with van der Waals surface area (Å²) in [5.74, 6) is 1.67. The molecule has 0 saturated heterocycles. The summed E-state index contributed by atoms with van der Waals surface area (Å²) in [6.07, 6.45) is 5.99. The molecule has 0 bridgehead atoms. The first-order chi connectivity index (χ1) is 58.8. The number of primary amides is 1. The molecule has 0 atom stereocenters. The second kappa shape index (κ2) is 42.6. The zero-order valence-electron chi connectivity index (χ0n) is 70.2. The molecular formula is C104H99ClFN13O3. The maximum absolute atomic E-state index is 13.0. The van der Waals surface area contributed by atoms with Crippen molar-refractivity contribution in [2.75, 3.05) is 11.9 Å². The number of halogens is 2.